The fourth-order valence-corrected chi connectivity index (χ4v) is 4.12. The highest BCUT2D eigenvalue weighted by atomic mass is 16.1. The van der Waals surface area contributed by atoms with Crippen molar-refractivity contribution in [2.24, 2.45) is 0 Å². The largest absolute Gasteiger partial charge is 0.358 e. The molecule has 0 saturated heterocycles. The van der Waals surface area contributed by atoms with Crippen molar-refractivity contribution in [2.75, 3.05) is 5.32 Å². The molecule has 1 aliphatic heterocycles. The Hall–Kier alpha value is -3.01. The minimum Gasteiger partial charge on any atom is -0.358 e. The van der Waals surface area contributed by atoms with E-state index in [9.17, 15) is 4.79 Å². The molecule has 5 rings (SSSR count). The maximum Gasteiger partial charge on any atom is 0.161 e. The predicted molar refractivity (Wildman–Crippen MR) is 97.3 cm³/mol. The maximum absolute atomic E-state index is 12.8. The van der Waals surface area contributed by atoms with Crippen LogP contribution in [-0.2, 0) is 4.79 Å². The van der Waals surface area contributed by atoms with Crippen molar-refractivity contribution < 1.29 is 4.79 Å². The molecule has 0 fully saturated rings. The van der Waals surface area contributed by atoms with E-state index in [1.165, 1.54) is 0 Å². The van der Waals surface area contributed by atoms with Crippen LogP contribution in [0.1, 0.15) is 36.3 Å². The predicted octanol–water partition coefficient (Wildman–Crippen LogP) is 4.19. The molecular weight excluding hydrogens is 310 g/mol. The van der Waals surface area contributed by atoms with E-state index in [2.05, 4.69) is 27.4 Å². The summed E-state index contributed by atoms with van der Waals surface area (Å²) in [7, 11) is 0. The molecule has 122 valence electrons. The van der Waals surface area contributed by atoms with Crippen molar-refractivity contribution in [3.63, 3.8) is 0 Å². The van der Waals surface area contributed by atoms with E-state index in [1.54, 1.807) is 12.4 Å². The average Bonchev–Trinajstić information content (AvgIpc) is 2.67. The number of benzene rings is 1. The van der Waals surface area contributed by atoms with Gasteiger partial charge >= 0.3 is 0 Å². The molecule has 0 unspecified atom stereocenters. The highest BCUT2D eigenvalue weighted by Gasteiger charge is 2.36. The van der Waals surface area contributed by atoms with Gasteiger partial charge in [-0.2, -0.15) is 0 Å². The number of hydrogen-bond donors (Lipinski definition) is 1. The third kappa shape index (κ3) is 2.18. The summed E-state index contributed by atoms with van der Waals surface area (Å²) in [6, 6.07) is 12.2. The first-order valence-corrected chi connectivity index (χ1v) is 8.64. The molecule has 0 saturated carbocycles. The highest BCUT2D eigenvalue weighted by Crippen LogP contribution is 2.47. The van der Waals surface area contributed by atoms with Crippen molar-refractivity contribution >= 4 is 22.4 Å². The summed E-state index contributed by atoms with van der Waals surface area (Å²) in [6.45, 7) is 0. The Bertz CT molecular complexity index is 1020. The lowest BCUT2D eigenvalue weighted by Gasteiger charge is -2.34. The normalized spacial score (nSPS) is 19.4. The van der Waals surface area contributed by atoms with Gasteiger partial charge in [0.2, 0.25) is 0 Å². The lowest BCUT2D eigenvalue weighted by molar-refractivity contribution is -0.116. The second-order valence-corrected chi connectivity index (χ2v) is 6.60. The van der Waals surface area contributed by atoms with E-state index in [1.807, 2.05) is 30.5 Å². The zero-order valence-electron chi connectivity index (χ0n) is 13.7. The van der Waals surface area contributed by atoms with Gasteiger partial charge in [0.05, 0.1) is 5.52 Å². The zero-order valence-corrected chi connectivity index (χ0v) is 13.7. The van der Waals surface area contributed by atoms with Gasteiger partial charge in [-0.05, 0) is 54.3 Å². The number of carbonyl (C=O) groups is 1. The van der Waals surface area contributed by atoms with Crippen LogP contribution >= 0.6 is 0 Å². The third-order valence-corrected chi connectivity index (χ3v) is 5.19. The van der Waals surface area contributed by atoms with E-state index in [4.69, 9.17) is 0 Å². The third-order valence-electron chi connectivity index (χ3n) is 5.19. The van der Waals surface area contributed by atoms with Gasteiger partial charge in [-0.1, -0.05) is 6.07 Å². The molecule has 1 atom stereocenters. The van der Waals surface area contributed by atoms with Gasteiger partial charge < -0.3 is 5.32 Å². The van der Waals surface area contributed by atoms with Gasteiger partial charge in [-0.15, -0.1) is 0 Å². The van der Waals surface area contributed by atoms with Crippen LogP contribution in [-0.4, -0.2) is 15.8 Å². The molecule has 1 aromatic carbocycles. The zero-order chi connectivity index (χ0) is 16.8. The van der Waals surface area contributed by atoms with Crippen molar-refractivity contribution in [1.82, 2.24) is 9.97 Å². The van der Waals surface area contributed by atoms with E-state index >= 15 is 0 Å². The number of rotatable bonds is 1. The van der Waals surface area contributed by atoms with Gasteiger partial charge in [0.25, 0.3) is 0 Å². The standard InChI is InChI=1S/C21H17N3O/c25-18-5-1-4-16-21(18)19(13-8-11-22-12-9-13)20-14-3-2-10-23-15(14)6-7-17(20)24-16/h2-3,6-12,19,24H,1,4-5H2/t19-/m0/s1. The van der Waals surface area contributed by atoms with Crippen LogP contribution in [0.15, 0.2) is 66.3 Å². The molecule has 3 aromatic rings. The quantitative estimate of drug-likeness (QED) is 0.728. The van der Waals surface area contributed by atoms with Gasteiger partial charge in [0.15, 0.2) is 5.78 Å². The SMILES string of the molecule is O=C1CCCC2=C1[C@@H](c1ccncc1)c1c(ccc3ncccc13)N2. The monoisotopic (exact) mass is 327 g/mol. The Morgan fingerprint density at radius 3 is 2.76 bits per heavy atom. The van der Waals surface area contributed by atoms with Crippen molar-refractivity contribution in [1.29, 1.82) is 0 Å². The fourth-order valence-electron chi connectivity index (χ4n) is 4.12. The van der Waals surface area contributed by atoms with Crippen LogP contribution < -0.4 is 5.32 Å². The molecule has 2 aliphatic rings. The summed E-state index contributed by atoms with van der Waals surface area (Å²) in [5.41, 5.74) is 6.28. The molecule has 0 radical (unpaired) electrons. The summed E-state index contributed by atoms with van der Waals surface area (Å²) in [5, 5.41) is 4.63. The number of allylic oxidation sites excluding steroid dienone is 2. The number of ketones is 1. The summed E-state index contributed by atoms with van der Waals surface area (Å²) in [4.78, 5) is 21.5. The van der Waals surface area contributed by atoms with E-state index < -0.39 is 0 Å². The molecular formula is C21H17N3O. The number of Topliss-reactive ketones (excluding diaryl/α,β-unsaturated/α-hetero) is 1. The van der Waals surface area contributed by atoms with Gasteiger partial charge in [0.1, 0.15) is 0 Å². The summed E-state index contributed by atoms with van der Waals surface area (Å²) < 4.78 is 0. The topological polar surface area (TPSA) is 54.9 Å². The van der Waals surface area contributed by atoms with Gasteiger partial charge in [-0.25, -0.2) is 0 Å². The first-order valence-electron chi connectivity index (χ1n) is 8.64. The molecule has 25 heavy (non-hydrogen) atoms. The van der Waals surface area contributed by atoms with E-state index in [-0.39, 0.29) is 11.7 Å². The lowest BCUT2D eigenvalue weighted by Crippen LogP contribution is -2.27. The number of fused-ring (bicyclic) bond motifs is 3. The lowest BCUT2D eigenvalue weighted by atomic mass is 9.74. The number of anilines is 1. The number of hydrogen-bond acceptors (Lipinski definition) is 4. The van der Waals surface area contributed by atoms with Gasteiger partial charge in [-0.3, -0.25) is 14.8 Å². The summed E-state index contributed by atoms with van der Waals surface area (Å²) in [6.07, 6.45) is 7.87. The molecule has 0 amide bonds. The van der Waals surface area contributed by atoms with E-state index in [0.717, 1.165) is 51.8 Å². The molecule has 0 spiro atoms. The molecule has 1 aliphatic carbocycles. The smallest absolute Gasteiger partial charge is 0.161 e. The number of nitrogens with one attached hydrogen (secondary N) is 1. The minimum absolute atomic E-state index is 0.0602. The Kier molecular flexibility index (Phi) is 3.17. The second-order valence-electron chi connectivity index (χ2n) is 6.60. The van der Waals surface area contributed by atoms with Crippen LogP contribution in [0.3, 0.4) is 0 Å². The van der Waals surface area contributed by atoms with Gasteiger partial charge in [0, 0.05) is 53.3 Å². The molecule has 2 aromatic heterocycles. The summed E-state index contributed by atoms with van der Waals surface area (Å²) in [5.74, 6) is 0.192. The molecule has 1 N–H and O–H groups in total. The Labute approximate surface area is 145 Å². The maximum atomic E-state index is 12.8. The molecule has 4 heteroatoms. The van der Waals surface area contributed by atoms with Crippen LogP contribution in [0.5, 0.6) is 0 Å². The number of nitrogens with zero attached hydrogens (tertiary/aromatic N) is 2. The first-order chi connectivity index (χ1) is 12.3. The fraction of sp³-hybridized carbons (Fsp3) is 0.190. The van der Waals surface area contributed by atoms with Crippen molar-refractivity contribution in [3.05, 3.63) is 77.4 Å². The second kappa shape index (κ2) is 5.52. The molecule has 0 bridgehead atoms. The van der Waals surface area contributed by atoms with E-state index in [0.29, 0.717) is 6.42 Å². The Morgan fingerprint density at radius 1 is 1.00 bits per heavy atom. The number of pyridine rings is 2. The summed E-state index contributed by atoms with van der Waals surface area (Å²) >= 11 is 0. The van der Waals surface area contributed by atoms with Crippen LogP contribution in [0.25, 0.3) is 10.9 Å². The van der Waals surface area contributed by atoms with Crippen LogP contribution in [0.4, 0.5) is 5.69 Å². The minimum atomic E-state index is -0.0602. The van der Waals surface area contributed by atoms with Crippen molar-refractivity contribution in [3.8, 4) is 0 Å². The number of carbonyl (C=O) groups excluding carboxylic acids is 1. The Morgan fingerprint density at radius 2 is 1.88 bits per heavy atom. The highest BCUT2D eigenvalue weighted by molar-refractivity contribution is 6.03. The van der Waals surface area contributed by atoms with Crippen LogP contribution in [0, 0.1) is 0 Å². The molecule has 3 heterocycles. The average molecular weight is 327 g/mol. The first kappa shape index (κ1) is 14.3. The van der Waals surface area contributed by atoms with Crippen LogP contribution in [0.2, 0.25) is 0 Å². The number of aromatic nitrogens is 2. The van der Waals surface area contributed by atoms with Crippen molar-refractivity contribution in [2.45, 2.75) is 25.2 Å². The molecule has 4 nitrogen and oxygen atoms in total. The Balaban J connectivity index is 1.85.